The SMILES string of the molecule is CNCCN(C)CC(=O)NC(=O)OC1CC[C@]2(CO2)C(C2(C)O[C@@H]2CC=C(C)C)C1OC. The van der Waals surface area contributed by atoms with E-state index >= 15 is 0 Å². The van der Waals surface area contributed by atoms with Gasteiger partial charge in [-0.2, -0.15) is 0 Å². The van der Waals surface area contributed by atoms with E-state index < -0.39 is 23.7 Å². The first-order chi connectivity index (χ1) is 15.1. The predicted octanol–water partition coefficient (Wildman–Crippen LogP) is 1.47. The molecule has 2 heterocycles. The molecule has 32 heavy (non-hydrogen) atoms. The molecule has 0 aromatic rings. The average molecular weight is 454 g/mol. The van der Waals surface area contributed by atoms with Gasteiger partial charge in [0.05, 0.1) is 25.2 Å². The van der Waals surface area contributed by atoms with E-state index in [1.807, 2.05) is 19.0 Å². The standard InChI is InChI=1S/C23H39N3O6/c1-15(2)7-8-17-22(3,32-17)20-19(29-6)16(9-10-23(20)14-30-23)31-21(28)25-18(27)13-26(5)12-11-24-4/h7,16-17,19-20,24H,8-14H2,1-6H3,(H,25,27,28)/t16?,17-,19?,20?,22?,23+/m1/s1. The predicted molar refractivity (Wildman–Crippen MR) is 119 cm³/mol. The van der Waals surface area contributed by atoms with Gasteiger partial charge >= 0.3 is 6.09 Å². The second kappa shape index (κ2) is 10.2. The van der Waals surface area contributed by atoms with Crippen molar-refractivity contribution in [1.82, 2.24) is 15.5 Å². The molecule has 6 atom stereocenters. The van der Waals surface area contributed by atoms with Crippen molar-refractivity contribution in [3.8, 4) is 0 Å². The third-order valence-corrected chi connectivity index (χ3v) is 6.89. The second-order valence-corrected chi connectivity index (χ2v) is 9.71. The van der Waals surface area contributed by atoms with Crippen LogP contribution in [0.1, 0.15) is 40.0 Å². The van der Waals surface area contributed by atoms with Crippen LogP contribution in [-0.2, 0) is 23.7 Å². The first kappa shape index (κ1) is 25.1. The molecule has 4 unspecified atom stereocenters. The minimum absolute atomic E-state index is 0.0505. The largest absolute Gasteiger partial charge is 0.443 e. The number of amides is 2. The van der Waals surface area contributed by atoms with E-state index in [0.717, 1.165) is 19.4 Å². The number of alkyl carbamates (subject to hydrolysis) is 1. The lowest BCUT2D eigenvalue weighted by Crippen LogP contribution is -2.56. The third-order valence-electron chi connectivity index (χ3n) is 6.89. The number of methoxy groups -OCH3 is 1. The number of allylic oxidation sites excluding steroid dienone is 1. The number of hydrogen-bond donors (Lipinski definition) is 2. The van der Waals surface area contributed by atoms with Crippen LogP contribution in [0.15, 0.2) is 11.6 Å². The van der Waals surface area contributed by atoms with E-state index in [-0.39, 0.29) is 30.3 Å². The lowest BCUT2D eigenvalue weighted by atomic mass is 9.68. The molecular weight excluding hydrogens is 414 g/mol. The third kappa shape index (κ3) is 5.69. The zero-order valence-corrected chi connectivity index (χ0v) is 20.2. The topological polar surface area (TPSA) is 105 Å². The molecule has 9 nitrogen and oxygen atoms in total. The monoisotopic (exact) mass is 453 g/mol. The lowest BCUT2D eigenvalue weighted by Gasteiger charge is -2.42. The van der Waals surface area contributed by atoms with Gasteiger partial charge in [-0.05, 0) is 54.1 Å². The van der Waals surface area contributed by atoms with Gasteiger partial charge in [0, 0.05) is 20.2 Å². The van der Waals surface area contributed by atoms with Gasteiger partial charge in [0.15, 0.2) is 0 Å². The smallest absolute Gasteiger partial charge is 0.414 e. The maximum Gasteiger partial charge on any atom is 0.414 e. The number of nitrogens with zero attached hydrogens (tertiary/aromatic N) is 1. The molecule has 3 fully saturated rings. The summed E-state index contributed by atoms with van der Waals surface area (Å²) in [5.74, 6) is -0.443. The molecule has 3 rings (SSSR count). The molecule has 182 valence electrons. The van der Waals surface area contributed by atoms with Crippen LogP contribution in [-0.4, -0.2) is 93.9 Å². The first-order valence-electron chi connectivity index (χ1n) is 11.5. The van der Waals surface area contributed by atoms with Crippen molar-refractivity contribution in [3.05, 3.63) is 11.6 Å². The van der Waals surface area contributed by atoms with Crippen molar-refractivity contribution in [1.29, 1.82) is 0 Å². The van der Waals surface area contributed by atoms with Crippen LogP contribution in [0.25, 0.3) is 0 Å². The van der Waals surface area contributed by atoms with Crippen LogP contribution >= 0.6 is 0 Å². The highest BCUT2D eigenvalue weighted by atomic mass is 16.6. The highest BCUT2D eigenvalue weighted by Gasteiger charge is 2.72. The van der Waals surface area contributed by atoms with Gasteiger partial charge in [0.2, 0.25) is 5.91 Å². The van der Waals surface area contributed by atoms with E-state index in [9.17, 15) is 9.59 Å². The number of hydrogen-bond acceptors (Lipinski definition) is 8. The van der Waals surface area contributed by atoms with Gasteiger partial charge in [0.1, 0.15) is 23.4 Å². The summed E-state index contributed by atoms with van der Waals surface area (Å²) in [5, 5.41) is 5.36. The van der Waals surface area contributed by atoms with Gasteiger partial charge in [-0.15, -0.1) is 0 Å². The number of likely N-dealkylation sites (N-methyl/N-ethyl adjacent to an activating group) is 2. The number of imide groups is 1. The zero-order chi connectivity index (χ0) is 23.5. The van der Waals surface area contributed by atoms with Crippen molar-refractivity contribution in [3.63, 3.8) is 0 Å². The Kier molecular flexibility index (Phi) is 7.98. The first-order valence-corrected chi connectivity index (χ1v) is 11.5. The quantitative estimate of drug-likeness (QED) is 0.378. The van der Waals surface area contributed by atoms with E-state index in [4.69, 9.17) is 18.9 Å². The fourth-order valence-electron chi connectivity index (χ4n) is 5.02. The molecule has 0 aromatic heterocycles. The molecule has 0 radical (unpaired) electrons. The van der Waals surface area contributed by atoms with Crippen molar-refractivity contribution in [2.24, 2.45) is 5.92 Å². The molecule has 1 aliphatic carbocycles. The molecule has 0 bridgehead atoms. The summed E-state index contributed by atoms with van der Waals surface area (Å²) >= 11 is 0. The number of rotatable bonds is 10. The summed E-state index contributed by atoms with van der Waals surface area (Å²) in [5.41, 5.74) is 0.580. The summed E-state index contributed by atoms with van der Waals surface area (Å²) in [7, 11) is 5.31. The minimum atomic E-state index is -0.738. The zero-order valence-electron chi connectivity index (χ0n) is 20.2. The van der Waals surface area contributed by atoms with E-state index in [1.54, 1.807) is 7.11 Å². The normalized spacial score (nSPS) is 35.5. The molecule has 1 spiro atoms. The molecule has 2 amide bonds. The Hall–Kier alpha value is -1.52. The molecule has 2 N–H and O–H groups in total. The summed E-state index contributed by atoms with van der Waals surface area (Å²) in [6.45, 7) is 8.49. The van der Waals surface area contributed by atoms with Gasteiger partial charge < -0.3 is 24.3 Å². The van der Waals surface area contributed by atoms with Gasteiger partial charge in [-0.3, -0.25) is 15.0 Å². The van der Waals surface area contributed by atoms with Crippen LogP contribution in [0.5, 0.6) is 0 Å². The van der Waals surface area contributed by atoms with Crippen LogP contribution < -0.4 is 10.6 Å². The Bertz CT molecular complexity index is 721. The van der Waals surface area contributed by atoms with Gasteiger partial charge in [-0.1, -0.05) is 11.6 Å². The molecule has 3 aliphatic rings. The molecule has 0 aromatic carbocycles. The van der Waals surface area contributed by atoms with Crippen LogP contribution in [0.4, 0.5) is 4.79 Å². The summed E-state index contributed by atoms with van der Waals surface area (Å²) < 4.78 is 23.6. The van der Waals surface area contributed by atoms with E-state index in [2.05, 4.69) is 37.5 Å². The average Bonchev–Trinajstić information content (AvgIpc) is 3.63. The number of carbonyl (C=O) groups is 2. The Balaban J connectivity index is 1.60. The maximum absolute atomic E-state index is 12.5. The second-order valence-electron chi connectivity index (χ2n) is 9.71. The Morgan fingerprint density at radius 2 is 2.03 bits per heavy atom. The Labute approximate surface area is 191 Å². The van der Waals surface area contributed by atoms with Crippen LogP contribution in [0.3, 0.4) is 0 Å². The fourth-order valence-corrected chi connectivity index (χ4v) is 5.02. The summed E-state index contributed by atoms with van der Waals surface area (Å²) in [6.07, 6.45) is 2.91. The molecule has 1 saturated carbocycles. The summed E-state index contributed by atoms with van der Waals surface area (Å²) in [6, 6.07) is 0. The molecule has 2 aliphatic heterocycles. The van der Waals surface area contributed by atoms with Crippen molar-refractivity contribution in [2.45, 2.75) is 69.5 Å². The number of epoxide rings is 2. The fraction of sp³-hybridized carbons (Fsp3) is 0.826. The van der Waals surface area contributed by atoms with Crippen molar-refractivity contribution < 1.29 is 28.5 Å². The molecular formula is C23H39N3O6. The lowest BCUT2D eigenvalue weighted by molar-refractivity contribution is -0.126. The van der Waals surface area contributed by atoms with Gasteiger partial charge in [0.25, 0.3) is 0 Å². The number of carbonyl (C=O) groups excluding carboxylic acids is 2. The molecule has 2 saturated heterocycles. The minimum Gasteiger partial charge on any atom is -0.443 e. The highest BCUT2D eigenvalue weighted by Crippen LogP contribution is 2.59. The van der Waals surface area contributed by atoms with Crippen molar-refractivity contribution >= 4 is 12.0 Å². The highest BCUT2D eigenvalue weighted by molar-refractivity contribution is 5.92. The van der Waals surface area contributed by atoms with Crippen LogP contribution in [0, 0.1) is 5.92 Å². The number of ether oxygens (including phenoxy) is 4. The summed E-state index contributed by atoms with van der Waals surface area (Å²) in [4.78, 5) is 26.5. The Morgan fingerprint density at radius 3 is 2.62 bits per heavy atom. The van der Waals surface area contributed by atoms with Crippen LogP contribution in [0.2, 0.25) is 0 Å². The number of nitrogens with one attached hydrogen (secondary N) is 2. The van der Waals surface area contributed by atoms with E-state index in [0.29, 0.717) is 19.6 Å². The maximum atomic E-state index is 12.5. The van der Waals surface area contributed by atoms with Gasteiger partial charge in [-0.25, -0.2) is 4.79 Å². The Morgan fingerprint density at radius 1 is 1.31 bits per heavy atom. The van der Waals surface area contributed by atoms with E-state index in [1.165, 1.54) is 5.57 Å². The molecule has 9 heteroatoms. The van der Waals surface area contributed by atoms with Crippen molar-refractivity contribution in [2.75, 3.05) is 47.4 Å².